The summed E-state index contributed by atoms with van der Waals surface area (Å²) in [6, 6.07) is 16.8. The van der Waals surface area contributed by atoms with Crippen molar-refractivity contribution < 1.29 is 4.79 Å². The van der Waals surface area contributed by atoms with E-state index in [1.54, 1.807) is 29.2 Å². The molecule has 0 unspecified atom stereocenters. The Balaban J connectivity index is 0.00000242. The number of hydrogen-bond donors (Lipinski definition) is 1. The van der Waals surface area contributed by atoms with Crippen molar-refractivity contribution in [2.24, 2.45) is 0 Å². The number of nitrogens with two attached hydrogens (primary N) is 1. The van der Waals surface area contributed by atoms with Crippen molar-refractivity contribution in [2.75, 3.05) is 37.8 Å². The highest BCUT2D eigenvalue weighted by Crippen LogP contribution is 2.17. The van der Waals surface area contributed by atoms with Gasteiger partial charge in [-0.2, -0.15) is 0 Å². The van der Waals surface area contributed by atoms with Crippen LogP contribution in [0.15, 0.2) is 54.6 Å². The maximum absolute atomic E-state index is 12.7. The number of benzene rings is 2. The molecule has 0 saturated heterocycles. The largest absolute Gasteiger partial charge is 0.399 e. The molecule has 0 heterocycles. The van der Waals surface area contributed by atoms with Gasteiger partial charge < -0.3 is 15.5 Å². The number of para-hydroxylation sites is 1. The van der Waals surface area contributed by atoms with Crippen LogP contribution in [0.3, 0.4) is 0 Å². The molecule has 0 spiro atoms. The molecule has 0 saturated carbocycles. The van der Waals surface area contributed by atoms with Crippen LogP contribution in [0, 0.1) is 0 Å². The molecule has 4 nitrogen and oxygen atoms in total. The van der Waals surface area contributed by atoms with Gasteiger partial charge in [0.15, 0.2) is 0 Å². The van der Waals surface area contributed by atoms with E-state index in [0.29, 0.717) is 17.8 Å². The summed E-state index contributed by atoms with van der Waals surface area (Å²) >= 11 is 0. The van der Waals surface area contributed by atoms with Gasteiger partial charge in [-0.05, 0) is 50.5 Å². The second kappa shape index (κ2) is 8.41. The lowest BCUT2D eigenvalue weighted by Crippen LogP contribution is -2.36. The van der Waals surface area contributed by atoms with Gasteiger partial charge in [-0.3, -0.25) is 4.79 Å². The SMILES string of the molecule is CN(C)CCN(C(=O)c1ccc(N)cc1)c1ccccc1.Cl. The summed E-state index contributed by atoms with van der Waals surface area (Å²) < 4.78 is 0. The average molecular weight is 320 g/mol. The monoisotopic (exact) mass is 319 g/mol. The summed E-state index contributed by atoms with van der Waals surface area (Å²) in [5.74, 6) is -0.0111. The van der Waals surface area contributed by atoms with Crippen molar-refractivity contribution in [3.63, 3.8) is 0 Å². The molecule has 0 radical (unpaired) electrons. The number of rotatable bonds is 5. The van der Waals surface area contributed by atoms with Crippen molar-refractivity contribution >= 4 is 29.7 Å². The van der Waals surface area contributed by atoms with E-state index in [-0.39, 0.29) is 18.3 Å². The Labute approximate surface area is 137 Å². The molecule has 118 valence electrons. The summed E-state index contributed by atoms with van der Waals surface area (Å²) in [7, 11) is 3.99. The summed E-state index contributed by atoms with van der Waals surface area (Å²) in [4.78, 5) is 16.6. The number of nitrogen functional groups attached to an aromatic ring is 1. The second-order valence-electron chi connectivity index (χ2n) is 5.22. The normalized spacial score (nSPS) is 10.1. The maximum Gasteiger partial charge on any atom is 0.258 e. The molecule has 2 N–H and O–H groups in total. The van der Waals surface area contributed by atoms with Gasteiger partial charge in [-0.25, -0.2) is 0 Å². The Kier molecular flexibility index (Phi) is 6.89. The van der Waals surface area contributed by atoms with E-state index in [1.807, 2.05) is 44.4 Å². The molecule has 0 fully saturated rings. The van der Waals surface area contributed by atoms with Crippen LogP contribution >= 0.6 is 12.4 Å². The highest BCUT2D eigenvalue weighted by molar-refractivity contribution is 6.06. The van der Waals surface area contributed by atoms with Crippen LogP contribution in [-0.4, -0.2) is 38.0 Å². The zero-order valence-electron chi connectivity index (χ0n) is 12.9. The van der Waals surface area contributed by atoms with Crippen molar-refractivity contribution in [2.45, 2.75) is 0 Å². The summed E-state index contributed by atoms with van der Waals surface area (Å²) in [6.45, 7) is 1.44. The van der Waals surface area contributed by atoms with E-state index in [4.69, 9.17) is 5.73 Å². The topological polar surface area (TPSA) is 49.6 Å². The number of hydrogen-bond acceptors (Lipinski definition) is 3. The minimum Gasteiger partial charge on any atom is -0.399 e. The number of amides is 1. The van der Waals surface area contributed by atoms with Gasteiger partial charge in [0.1, 0.15) is 0 Å². The minimum atomic E-state index is -0.0111. The molecule has 0 aliphatic rings. The van der Waals surface area contributed by atoms with Gasteiger partial charge in [0.05, 0.1) is 0 Å². The smallest absolute Gasteiger partial charge is 0.258 e. The molecule has 2 rings (SSSR count). The summed E-state index contributed by atoms with van der Waals surface area (Å²) in [5, 5.41) is 0. The molecule has 5 heteroatoms. The fourth-order valence-electron chi connectivity index (χ4n) is 2.04. The van der Waals surface area contributed by atoms with Crippen LogP contribution in [0.2, 0.25) is 0 Å². The first-order valence-corrected chi connectivity index (χ1v) is 6.95. The van der Waals surface area contributed by atoms with Gasteiger partial charge in [0.2, 0.25) is 0 Å². The summed E-state index contributed by atoms with van der Waals surface area (Å²) in [5.41, 5.74) is 7.89. The van der Waals surface area contributed by atoms with Crippen LogP contribution in [0.25, 0.3) is 0 Å². The fraction of sp³-hybridized carbons (Fsp3) is 0.235. The lowest BCUT2D eigenvalue weighted by Gasteiger charge is -2.24. The molecule has 0 bridgehead atoms. The number of likely N-dealkylation sites (N-methyl/N-ethyl adjacent to an activating group) is 1. The highest BCUT2D eigenvalue weighted by Gasteiger charge is 2.17. The van der Waals surface area contributed by atoms with Gasteiger partial charge >= 0.3 is 0 Å². The Hall–Kier alpha value is -2.04. The third-order valence-electron chi connectivity index (χ3n) is 3.24. The van der Waals surface area contributed by atoms with Crippen LogP contribution < -0.4 is 10.6 Å². The van der Waals surface area contributed by atoms with Gasteiger partial charge in [-0.1, -0.05) is 18.2 Å². The first kappa shape index (κ1) is 18.0. The van der Waals surface area contributed by atoms with E-state index in [2.05, 4.69) is 4.90 Å². The first-order chi connectivity index (χ1) is 10.1. The third-order valence-corrected chi connectivity index (χ3v) is 3.24. The molecule has 2 aromatic rings. The zero-order valence-corrected chi connectivity index (χ0v) is 13.7. The second-order valence-corrected chi connectivity index (χ2v) is 5.22. The van der Waals surface area contributed by atoms with E-state index >= 15 is 0 Å². The molecule has 0 atom stereocenters. The quantitative estimate of drug-likeness (QED) is 0.862. The van der Waals surface area contributed by atoms with Gasteiger partial charge in [0.25, 0.3) is 5.91 Å². The van der Waals surface area contributed by atoms with Crippen molar-refractivity contribution in [3.05, 3.63) is 60.2 Å². The molecular weight excluding hydrogens is 298 g/mol. The number of halogens is 1. The molecule has 0 aliphatic carbocycles. The third kappa shape index (κ3) is 4.76. The van der Waals surface area contributed by atoms with Crippen LogP contribution in [0.1, 0.15) is 10.4 Å². The van der Waals surface area contributed by atoms with Crippen molar-refractivity contribution in [3.8, 4) is 0 Å². The van der Waals surface area contributed by atoms with E-state index in [0.717, 1.165) is 12.2 Å². The molecule has 1 amide bonds. The van der Waals surface area contributed by atoms with Gasteiger partial charge in [0, 0.05) is 30.0 Å². The Morgan fingerprint density at radius 2 is 1.55 bits per heavy atom. The number of anilines is 2. The fourth-order valence-corrected chi connectivity index (χ4v) is 2.04. The van der Waals surface area contributed by atoms with Crippen molar-refractivity contribution in [1.82, 2.24) is 4.90 Å². The maximum atomic E-state index is 12.7. The zero-order chi connectivity index (χ0) is 15.2. The lowest BCUT2D eigenvalue weighted by molar-refractivity contribution is 0.0985. The standard InChI is InChI=1S/C17H21N3O.ClH/c1-19(2)12-13-20(16-6-4-3-5-7-16)17(21)14-8-10-15(18)11-9-14;/h3-11H,12-13,18H2,1-2H3;1H. The molecular formula is C17H22ClN3O. The van der Waals surface area contributed by atoms with E-state index < -0.39 is 0 Å². The average Bonchev–Trinajstić information content (AvgIpc) is 2.49. The molecule has 0 aromatic heterocycles. The number of carbonyl (C=O) groups is 1. The van der Waals surface area contributed by atoms with Crippen LogP contribution in [0.5, 0.6) is 0 Å². The molecule has 2 aromatic carbocycles. The minimum absolute atomic E-state index is 0. The molecule has 0 aliphatic heterocycles. The Morgan fingerprint density at radius 3 is 2.09 bits per heavy atom. The van der Waals surface area contributed by atoms with E-state index in [1.165, 1.54) is 0 Å². The van der Waals surface area contributed by atoms with Crippen LogP contribution in [0.4, 0.5) is 11.4 Å². The predicted octanol–water partition coefficient (Wildman–Crippen LogP) is 2.90. The first-order valence-electron chi connectivity index (χ1n) is 6.95. The predicted molar refractivity (Wildman–Crippen MR) is 94.8 cm³/mol. The number of carbonyl (C=O) groups excluding carboxylic acids is 1. The Bertz CT molecular complexity index is 585. The van der Waals surface area contributed by atoms with Gasteiger partial charge in [-0.15, -0.1) is 12.4 Å². The van der Waals surface area contributed by atoms with E-state index in [9.17, 15) is 4.79 Å². The lowest BCUT2D eigenvalue weighted by atomic mass is 10.1. The van der Waals surface area contributed by atoms with Crippen LogP contribution in [-0.2, 0) is 0 Å². The Morgan fingerprint density at radius 1 is 0.955 bits per heavy atom. The molecule has 22 heavy (non-hydrogen) atoms. The number of nitrogens with zero attached hydrogens (tertiary/aromatic N) is 2. The summed E-state index contributed by atoms with van der Waals surface area (Å²) in [6.07, 6.45) is 0. The van der Waals surface area contributed by atoms with Crippen molar-refractivity contribution in [1.29, 1.82) is 0 Å². The highest BCUT2D eigenvalue weighted by atomic mass is 35.5.